The largest absolute Gasteiger partial charge is 0.466 e. The number of nitrogens with zero attached hydrogens (tertiary/aromatic N) is 3. The van der Waals surface area contributed by atoms with Crippen molar-refractivity contribution in [2.45, 2.75) is 124 Å². The molecule has 5 amide bonds. The van der Waals surface area contributed by atoms with Gasteiger partial charge < -0.3 is 29.2 Å². The third-order valence-electron chi connectivity index (χ3n) is 8.54. The number of alkyl halides is 3. The van der Waals surface area contributed by atoms with E-state index >= 15 is 0 Å². The second-order valence-corrected chi connectivity index (χ2v) is 18.6. The number of thiophene rings is 1. The zero-order chi connectivity index (χ0) is 46.4. The molecule has 0 saturated carbocycles. The van der Waals surface area contributed by atoms with Crippen LogP contribution in [0.25, 0.3) is 0 Å². The summed E-state index contributed by atoms with van der Waals surface area (Å²) in [5.41, 5.74) is -2.92. The molecular weight excluding hydrogens is 834 g/mol. The van der Waals surface area contributed by atoms with Crippen molar-refractivity contribution in [2.24, 2.45) is 4.99 Å². The van der Waals surface area contributed by atoms with E-state index in [2.05, 4.69) is 10.3 Å². The van der Waals surface area contributed by atoms with Gasteiger partial charge in [0.15, 0.2) is 5.84 Å². The first-order chi connectivity index (χ1) is 28.6. The van der Waals surface area contributed by atoms with E-state index in [1.54, 1.807) is 74.1 Å². The van der Waals surface area contributed by atoms with E-state index < -0.39 is 70.5 Å². The Kier molecular flexibility index (Phi) is 15.4. The normalized spacial score (nSPS) is 14.0. The Morgan fingerprint density at radius 2 is 1.35 bits per heavy atom. The van der Waals surface area contributed by atoms with Crippen LogP contribution in [0.4, 0.5) is 27.6 Å². The van der Waals surface area contributed by atoms with Crippen LogP contribution in [0.3, 0.4) is 0 Å². The zero-order valence-corrected chi connectivity index (χ0v) is 37.3. The van der Waals surface area contributed by atoms with Gasteiger partial charge in [-0.05, 0) is 117 Å². The van der Waals surface area contributed by atoms with Crippen LogP contribution < -0.4 is 5.32 Å². The number of hydrogen-bond acceptors (Lipinski definition) is 11. The number of amides is 5. The fourth-order valence-corrected chi connectivity index (χ4v) is 7.16. The molecule has 18 heteroatoms. The minimum absolute atomic E-state index is 0.000884. The number of carbonyl (C=O) groups is 6. The van der Waals surface area contributed by atoms with Crippen molar-refractivity contribution in [1.29, 1.82) is 0 Å². The smallest absolute Gasteiger partial charge is 0.436 e. The molecule has 1 aliphatic rings. The number of aliphatic imine (C=N–C) groups is 1. The van der Waals surface area contributed by atoms with Crippen molar-refractivity contribution >= 4 is 53.2 Å². The molecule has 2 aromatic carbocycles. The maximum Gasteiger partial charge on any atom is 0.436 e. The third kappa shape index (κ3) is 14.4. The van der Waals surface area contributed by atoms with Gasteiger partial charge in [-0.2, -0.15) is 23.1 Å². The van der Waals surface area contributed by atoms with Crippen LogP contribution in [0.5, 0.6) is 0 Å². The Morgan fingerprint density at radius 1 is 0.806 bits per heavy atom. The van der Waals surface area contributed by atoms with Crippen molar-refractivity contribution in [3.8, 4) is 0 Å². The fourth-order valence-electron chi connectivity index (χ4n) is 6.00. The lowest BCUT2D eigenvalue weighted by Gasteiger charge is -2.31. The van der Waals surface area contributed by atoms with Crippen LogP contribution in [0.2, 0.25) is 0 Å². The van der Waals surface area contributed by atoms with E-state index in [-0.39, 0.29) is 49.6 Å². The van der Waals surface area contributed by atoms with E-state index in [1.807, 2.05) is 6.07 Å². The van der Waals surface area contributed by atoms with Crippen molar-refractivity contribution in [1.82, 2.24) is 15.1 Å². The lowest BCUT2D eigenvalue weighted by molar-refractivity contribution is -0.142. The van der Waals surface area contributed by atoms with Gasteiger partial charge in [0.25, 0.3) is 5.91 Å². The molecule has 3 aromatic rings. The van der Waals surface area contributed by atoms with Crippen LogP contribution in [-0.4, -0.2) is 87.7 Å². The summed E-state index contributed by atoms with van der Waals surface area (Å²) in [5.74, 6) is -2.14. The summed E-state index contributed by atoms with van der Waals surface area (Å²) in [7, 11) is 0. The summed E-state index contributed by atoms with van der Waals surface area (Å²) in [4.78, 5) is 88.3. The highest BCUT2D eigenvalue weighted by Gasteiger charge is 2.37. The molecule has 0 bridgehead atoms. The van der Waals surface area contributed by atoms with Crippen molar-refractivity contribution in [3.63, 3.8) is 0 Å². The van der Waals surface area contributed by atoms with Gasteiger partial charge in [-0.3, -0.25) is 14.4 Å². The van der Waals surface area contributed by atoms with Crippen LogP contribution in [0, 0.1) is 0 Å². The first kappa shape index (κ1) is 48.9. The monoisotopic (exact) mass is 886 g/mol. The predicted octanol–water partition coefficient (Wildman–Crippen LogP) is 8.65. The van der Waals surface area contributed by atoms with Gasteiger partial charge in [-0.1, -0.05) is 24.3 Å². The molecular formula is C44H53F3N4O10S. The minimum Gasteiger partial charge on any atom is -0.466 e. The highest BCUT2D eigenvalue weighted by molar-refractivity contribution is 7.12. The summed E-state index contributed by atoms with van der Waals surface area (Å²) < 4.78 is 61.6. The number of hydrogen-bond donors (Lipinski definition) is 1. The number of ether oxygens (including phenoxy) is 4. The number of amidine groups is 1. The van der Waals surface area contributed by atoms with Gasteiger partial charge in [0, 0.05) is 40.4 Å². The van der Waals surface area contributed by atoms with Crippen LogP contribution >= 0.6 is 11.3 Å². The van der Waals surface area contributed by atoms with Gasteiger partial charge in [-0.25, -0.2) is 14.4 Å². The molecule has 62 heavy (non-hydrogen) atoms. The average Bonchev–Trinajstić information content (AvgIpc) is 3.53. The van der Waals surface area contributed by atoms with E-state index in [0.717, 1.165) is 27.5 Å². The predicted molar refractivity (Wildman–Crippen MR) is 224 cm³/mol. The SMILES string of the molecule is CCOC(=O)Cc1cc2c(s1)CCN(C(=O)[C@H](Cc1ccc(C(F)(F)F)cc1)NC(=O)c1ccc(C(=NC(=O)OC(C)(C)C)N(C(=O)OC(C)(C)C)C(=O)OC(C)(C)C)cc1)C2. The number of benzene rings is 2. The summed E-state index contributed by atoms with van der Waals surface area (Å²) >= 11 is 1.45. The molecule has 1 aliphatic heterocycles. The summed E-state index contributed by atoms with van der Waals surface area (Å²) in [5, 5.41) is 2.74. The molecule has 1 aromatic heterocycles. The molecule has 14 nitrogen and oxygen atoms in total. The quantitative estimate of drug-likeness (QED) is 0.0950. The molecule has 0 unspecified atom stereocenters. The van der Waals surface area contributed by atoms with Crippen molar-refractivity contribution in [3.05, 3.63) is 92.2 Å². The Morgan fingerprint density at radius 3 is 1.87 bits per heavy atom. The van der Waals surface area contributed by atoms with Crippen LogP contribution in [0.1, 0.15) is 112 Å². The molecule has 336 valence electrons. The first-order valence-corrected chi connectivity index (χ1v) is 20.6. The Balaban J connectivity index is 1.69. The number of nitrogens with one attached hydrogen (secondary N) is 1. The third-order valence-corrected chi connectivity index (χ3v) is 9.77. The van der Waals surface area contributed by atoms with Gasteiger partial charge in [0.2, 0.25) is 5.91 Å². The number of halogens is 3. The molecule has 1 atom stereocenters. The van der Waals surface area contributed by atoms with Crippen LogP contribution in [-0.2, 0) is 60.5 Å². The Labute approximate surface area is 362 Å². The standard InChI is InChI=1S/C44H53F3N4O10S/c1-11-58-34(52)24-31-23-29-25-50(21-20-33(29)62-31)37(54)32(22-26-12-18-30(19-13-26)44(45,46)47)48-36(53)28-16-14-27(15-17-28)35(49-38(55)59-41(2,3)4)51(39(56)60-42(5,6)7)40(57)61-43(8,9)10/h12-19,23,32H,11,20-22,24-25H2,1-10H3,(H,48,53)/t32-/m0/s1. The number of imide groups is 1. The molecule has 0 saturated heterocycles. The second-order valence-electron chi connectivity index (χ2n) is 17.4. The van der Waals surface area contributed by atoms with E-state index in [0.29, 0.717) is 16.9 Å². The lowest BCUT2D eigenvalue weighted by Crippen LogP contribution is -2.50. The summed E-state index contributed by atoms with van der Waals surface area (Å²) in [6.07, 6.45) is -7.77. The summed E-state index contributed by atoms with van der Waals surface area (Å²) in [6.45, 7) is 16.6. The Bertz CT molecular complexity index is 2140. The van der Waals surface area contributed by atoms with E-state index in [1.165, 1.54) is 47.7 Å². The number of fused-ring (bicyclic) bond motifs is 1. The maximum absolute atomic E-state index is 14.2. The summed E-state index contributed by atoms with van der Waals surface area (Å²) in [6, 6.07) is 10.1. The first-order valence-electron chi connectivity index (χ1n) is 19.8. The number of rotatable bonds is 9. The molecule has 2 heterocycles. The number of esters is 1. The molecule has 1 N–H and O–H groups in total. The molecule has 0 fully saturated rings. The van der Waals surface area contributed by atoms with Gasteiger partial charge >= 0.3 is 30.4 Å². The van der Waals surface area contributed by atoms with E-state index in [9.17, 15) is 41.9 Å². The second kappa shape index (κ2) is 19.5. The minimum atomic E-state index is -4.58. The maximum atomic E-state index is 14.2. The molecule has 0 aliphatic carbocycles. The van der Waals surface area contributed by atoms with Crippen LogP contribution in [0.15, 0.2) is 59.6 Å². The molecule has 0 spiro atoms. The lowest BCUT2D eigenvalue weighted by atomic mass is 10.0. The Hall–Kier alpha value is -5.78. The van der Waals surface area contributed by atoms with Gasteiger partial charge in [0.05, 0.1) is 18.6 Å². The van der Waals surface area contributed by atoms with Gasteiger partial charge in [-0.15, -0.1) is 11.3 Å². The highest BCUT2D eigenvalue weighted by Crippen LogP contribution is 2.31. The average molecular weight is 887 g/mol. The van der Waals surface area contributed by atoms with Crippen molar-refractivity contribution in [2.75, 3.05) is 13.2 Å². The molecule has 4 rings (SSSR count). The molecule has 0 radical (unpaired) electrons. The number of carbonyl (C=O) groups excluding carboxylic acids is 6. The van der Waals surface area contributed by atoms with E-state index in [4.69, 9.17) is 18.9 Å². The topological polar surface area (TPSA) is 170 Å². The van der Waals surface area contributed by atoms with Gasteiger partial charge in [0.1, 0.15) is 22.8 Å². The van der Waals surface area contributed by atoms with Crippen molar-refractivity contribution < 1.29 is 60.9 Å². The fraction of sp³-hybridized carbons (Fsp3) is 0.477. The highest BCUT2D eigenvalue weighted by atomic mass is 32.1. The zero-order valence-electron chi connectivity index (χ0n) is 36.5.